The number of rotatable bonds is 8. The fourth-order valence-electron chi connectivity index (χ4n) is 3.09. The molecule has 0 spiro atoms. The van der Waals surface area contributed by atoms with Crippen molar-refractivity contribution in [3.8, 4) is 0 Å². The molecule has 0 atom stereocenters. The molecule has 0 fully saturated rings. The van der Waals surface area contributed by atoms with E-state index in [1.807, 2.05) is 36.4 Å². The van der Waals surface area contributed by atoms with Crippen LogP contribution in [0.15, 0.2) is 101 Å². The van der Waals surface area contributed by atoms with Crippen LogP contribution in [0.3, 0.4) is 0 Å². The van der Waals surface area contributed by atoms with Gasteiger partial charge in [-0.25, -0.2) is 0 Å². The van der Waals surface area contributed by atoms with E-state index >= 15 is 0 Å². The lowest BCUT2D eigenvalue weighted by molar-refractivity contribution is 0.103. The van der Waals surface area contributed by atoms with Gasteiger partial charge in [0, 0.05) is 29.9 Å². The zero-order chi connectivity index (χ0) is 21.3. The van der Waals surface area contributed by atoms with Gasteiger partial charge in [-0.1, -0.05) is 60.7 Å². The lowest BCUT2D eigenvalue weighted by Crippen LogP contribution is -2.21. The van der Waals surface area contributed by atoms with Gasteiger partial charge in [-0.3, -0.25) is 4.79 Å². The second kappa shape index (κ2) is 10.2. The van der Waals surface area contributed by atoms with E-state index in [0.717, 1.165) is 18.8 Å². The number of hydrogen-bond acceptors (Lipinski definition) is 5. The standard InChI is InChI=1S/C25H25N3O2/c1-3-28(4-2)22-17-15-21(16-18-22)26-27-23(24(29)19-11-7-5-8-12-19)25(30)20-13-9-6-10-14-20/h5-18,29H,3-4H2,1-2H3/b24-23+,27-26?. The first-order chi connectivity index (χ1) is 14.6. The minimum Gasteiger partial charge on any atom is -0.505 e. The maximum Gasteiger partial charge on any atom is 0.217 e. The van der Waals surface area contributed by atoms with Gasteiger partial charge in [0.25, 0.3) is 0 Å². The topological polar surface area (TPSA) is 65.3 Å². The highest BCUT2D eigenvalue weighted by Crippen LogP contribution is 2.24. The first-order valence-electron chi connectivity index (χ1n) is 9.99. The van der Waals surface area contributed by atoms with Crippen molar-refractivity contribution in [2.75, 3.05) is 18.0 Å². The number of azo groups is 1. The quantitative estimate of drug-likeness (QED) is 0.205. The second-order valence-electron chi connectivity index (χ2n) is 6.65. The third-order valence-corrected chi connectivity index (χ3v) is 4.77. The normalized spacial score (nSPS) is 11.9. The van der Waals surface area contributed by atoms with Crippen LogP contribution < -0.4 is 4.90 Å². The van der Waals surface area contributed by atoms with Crippen molar-refractivity contribution in [1.82, 2.24) is 0 Å². The Labute approximate surface area is 177 Å². The van der Waals surface area contributed by atoms with Gasteiger partial charge in [-0.15, -0.1) is 5.11 Å². The number of benzene rings is 3. The van der Waals surface area contributed by atoms with Crippen LogP contribution in [0.2, 0.25) is 0 Å². The third-order valence-electron chi connectivity index (χ3n) is 4.77. The Hall–Kier alpha value is -3.73. The Morgan fingerprint density at radius 1 is 0.800 bits per heavy atom. The Kier molecular flexibility index (Phi) is 7.11. The second-order valence-corrected chi connectivity index (χ2v) is 6.65. The lowest BCUT2D eigenvalue weighted by Gasteiger charge is -2.20. The minimum atomic E-state index is -0.388. The predicted octanol–water partition coefficient (Wildman–Crippen LogP) is 6.43. The van der Waals surface area contributed by atoms with Crippen molar-refractivity contribution < 1.29 is 9.90 Å². The molecule has 0 amide bonds. The molecule has 0 saturated carbocycles. The molecule has 0 aromatic heterocycles. The summed E-state index contributed by atoms with van der Waals surface area (Å²) < 4.78 is 0. The SMILES string of the molecule is CCN(CC)c1ccc(N=N/C(C(=O)c2ccccc2)=C(/O)c2ccccc2)cc1. The summed E-state index contributed by atoms with van der Waals surface area (Å²) in [5.41, 5.74) is 2.55. The maximum absolute atomic E-state index is 13.0. The van der Waals surface area contributed by atoms with Gasteiger partial charge >= 0.3 is 0 Å². The molecule has 3 rings (SSSR count). The van der Waals surface area contributed by atoms with Crippen LogP contribution in [-0.2, 0) is 0 Å². The molecule has 3 aromatic carbocycles. The zero-order valence-corrected chi connectivity index (χ0v) is 17.2. The summed E-state index contributed by atoms with van der Waals surface area (Å²) in [5, 5.41) is 19.1. The van der Waals surface area contributed by atoms with Crippen LogP contribution in [-0.4, -0.2) is 24.0 Å². The highest BCUT2D eigenvalue weighted by molar-refractivity contribution is 6.12. The summed E-state index contributed by atoms with van der Waals surface area (Å²) in [5.74, 6) is -0.589. The van der Waals surface area contributed by atoms with E-state index < -0.39 is 0 Å². The number of allylic oxidation sites excluding steroid dienone is 1. The molecule has 0 saturated heterocycles. The van der Waals surface area contributed by atoms with Crippen LogP contribution >= 0.6 is 0 Å². The smallest absolute Gasteiger partial charge is 0.217 e. The average Bonchev–Trinajstić information content (AvgIpc) is 2.81. The van der Waals surface area contributed by atoms with Gasteiger partial charge in [-0.2, -0.15) is 5.11 Å². The summed E-state index contributed by atoms with van der Waals surface area (Å²) in [6.07, 6.45) is 0. The predicted molar refractivity (Wildman–Crippen MR) is 121 cm³/mol. The molecule has 0 radical (unpaired) electrons. The zero-order valence-electron chi connectivity index (χ0n) is 17.2. The molecule has 3 aromatic rings. The largest absolute Gasteiger partial charge is 0.505 e. The van der Waals surface area contributed by atoms with E-state index in [0.29, 0.717) is 16.8 Å². The first-order valence-corrected chi connectivity index (χ1v) is 9.99. The van der Waals surface area contributed by atoms with Gasteiger partial charge in [0.1, 0.15) is 0 Å². The summed E-state index contributed by atoms with van der Waals surface area (Å²) in [6.45, 7) is 6.05. The average molecular weight is 399 g/mol. The number of carbonyl (C=O) groups is 1. The van der Waals surface area contributed by atoms with E-state index in [1.165, 1.54) is 0 Å². The number of aliphatic hydroxyl groups excluding tert-OH is 1. The highest BCUT2D eigenvalue weighted by Gasteiger charge is 2.18. The molecular formula is C25H25N3O2. The van der Waals surface area contributed by atoms with Crippen molar-refractivity contribution in [2.45, 2.75) is 13.8 Å². The summed E-state index contributed by atoms with van der Waals surface area (Å²) in [6, 6.07) is 25.3. The number of hydrogen-bond donors (Lipinski definition) is 1. The number of ketones is 1. The molecule has 0 aliphatic heterocycles. The summed E-state index contributed by atoms with van der Waals surface area (Å²) in [4.78, 5) is 15.3. The van der Waals surface area contributed by atoms with Crippen LogP contribution in [0.25, 0.3) is 5.76 Å². The Balaban J connectivity index is 1.96. The third kappa shape index (κ3) is 5.00. The first kappa shape index (κ1) is 21.0. The molecule has 30 heavy (non-hydrogen) atoms. The van der Waals surface area contributed by atoms with Crippen LogP contribution in [0.4, 0.5) is 11.4 Å². The number of carbonyl (C=O) groups excluding carboxylic acids is 1. The maximum atomic E-state index is 13.0. The molecule has 0 aliphatic carbocycles. The molecule has 5 heteroatoms. The highest BCUT2D eigenvalue weighted by atomic mass is 16.3. The van der Waals surface area contributed by atoms with Crippen LogP contribution in [0, 0.1) is 0 Å². The monoisotopic (exact) mass is 399 g/mol. The molecular weight excluding hydrogens is 374 g/mol. The lowest BCUT2D eigenvalue weighted by atomic mass is 10.1. The number of Topliss-reactive ketones (excluding diaryl/α,β-unsaturated/α-hetero) is 1. The Morgan fingerprint density at radius 3 is 1.87 bits per heavy atom. The van der Waals surface area contributed by atoms with Gasteiger partial charge in [0.15, 0.2) is 11.5 Å². The molecule has 0 unspecified atom stereocenters. The van der Waals surface area contributed by atoms with E-state index in [4.69, 9.17) is 0 Å². The molecule has 152 valence electrons. The minimum absolute atomic E-state index is 0.0970. The number of nitrogens with zero attached hydrogens (tertiary/aromatic N) is 3. The van der Waals surface area contributed by atoms with Gasteiger partial charge in [0.2, 0.25) is 5.78 Å². The van der Waals surface area contributed by atoms with Crippen molar-refractivity contribution >= 4 is 22.9 Å². The van der Waals surface area contributed by atoms with Gasteiger partial charge in [0.05, 0.1) is 5.69 Å². The van der Waals surface area contributed by atoms with Crippen molar-refractivity contribution in [1.29, 1.82) is 0 Å². The van der Waals surface area contributed by atoms with E-state index in [2.05, 4.69) is 29.0 Å². The Morgan fingerprint density at radius 2 is 1.33 bits per heavy atom. The fourth-order valence-corrected chi connectivity index (χ4v) is 3.09. The van der Waals surface area contributed by atoms with Crippen molar-refractivity contribution in [3.63, 3.8) is 0 Å². The van der Waals surface area contributed by atoms with Crippen LogP contribution in [0.1, 0.15) is 29.8 Å². The van der Waals surface area contributed by atoms with E-state index in [-0.39, 0.29) is 17.2 Å². The molecule has 0 heterocycles. The van der Waals surface area contributed by atoms with Crippen LogP contribution in [0.5, 0.6) is 0 Å². The summed E-state index contributed by atoms with van der Waals surface area (Å²) >= 11 is 0. The van der Waals surface area contributed by atoms with Gasteiger partial charge < -0.3 is 10.0 Å². The number of anilines is 1. The number of aliphatic hydroxyl groups is 1. The molecule has 1 N–H and O–H groups in total. The van der Waals surface area contributed by atoms with E-state index in [9.17, 15) is 9.90 Å². The molecule has 5 nitrogen and oxygen atoms in total. The molecule has 0 bridgehead atoms. The molecule has 0 aliphatic rings. The Bertz CT molecular complexity index is 1020. The fraction of sp³-hybridized carbons (Fsp3) is 0.160. The van der Waals surface area contributed by atoms with Crippen molar-refractivity contribution in [3.05, 3.63) is 102 Å². The summed E-state index contributed by atoms with van der Waals surface area (Å²) in [7, 11) is 0. The van der Waals surface area contributed by atoms with Gasteiger partial charge in [-0.05, 0) is 38.1 Å². The van der Waals surface area contributed by atoms with Crippen molar-refractivity contribution in [2.24, 2.45) is 10.2 Å². The van der Waals surface area contributed by atoms with E-state index in [1.54, 1.807) is 48.5 Å².